The fourth-order valence-corrected chi connectivity index (χ4v) is 2.30. The van der Waals surface area contributed by atoms with Crippen molar-refractivity contribution in [2.24, 2.45) is 0 Å². The number of aromatic nitrogens is 2. The average Bonchev–Trinajstić information content (AvgIpc) is 2.59. The first kappa shape index (κ1) is 16.5. The summed E-state index contributed by atoms with van der Waals surface area (Å²) >= 11 is 0. The molecule has 2 aromatic carbocycles. The summed E-state index contributed by atoms with van der Waals surface area (Å²) in [6, 6.07) is 13.5. The topological polar surface area (TPSA) is 75.6 Å². The number of halogens is 3. The summed E-state index contributed by atoms with van der Waals surface area (Å²) < 4.78 is 37.8. The van der Waals surface area contributed by atoms with E-state index in [0.29, 0.717) is 16.5 Å². The van der Waals surface area contributed by atoms with E-state index in [1.165, 1.54) is 18.2 Å². The highest BCUT2D eigenvalue weighted by molar-refractivity contribution is 5.93. The minimum absolute atomic E-state index is 0.109. The van der Waals surface area contributed by atoms with Gasteiger partial charge in [0.05, 0.1) is 16.7 Å². The van der Waals surface area contributed by atoms with Crippen LogP contribution in [0.2, 0.25) is 0 Å². The van der Waals surface area contributed by atoms with Gasteiger partial charge in [0.25, 0.3) is 0 Å². The molecule has 25 heavy (non-hydrogen) atoms. The lowest BCUT2D eigenvalue weighted by atomic mass is 10.1. The van der Waals surface area contributed by atoms with Crippen molar-refractivity contribution in [1.82, 2.24) is 9.97 Å². The summed E-state index contributed by atoms with van der Waals surface area (Å²) in [5.41, 5.74) is 6.26. The molecular weight excluding hydrogens is 329 g/mol. The first-order valence-corrected chi connectivity index (χ1v) is 7.20. The molecule has 0 radical (unpaired) electrons. The molecule has 7 heteroatoms. The summed E-state index contributed by atoms with van der Waals surface area (Å²) in [6.45, 7) is 0. The largest absolute Gasteiger partial charge is 0.416 e. The van der Waals surface area contributed by atoms with Gasteiger partial charge in [0.15, 0.2) is 5.82 Å². The fraction of sp³-hybridized carbons (Fsp3) is 0.0556. The SMILES string of the molecule is N#C/C(=C/c1ccc(C(F)(F)F)cc1)c1nc(N)c2ccccc2n1. The molecule has 2 N–H and O–H groups in total. The van der Waals surface area contributed by atoms with Crippen LogP contribution in [0.3, 0.4) is 0 Å². The summed E-state index contributed by atoms with van der Waals surface area (Å²) in [7, 11) is 0. The Balaban J connectivity index is 2.03. The molecule has 0 fully saturated rings. The minimum Gasteiger partial charge on any atom is -0.383 e. The second-order valence-corrected chi connectivity index (χ2v) is 5.24. The van der Waals surface area contributed by atoms with E-state index in [0.717, 1.165) is 12.1 Å². The molecule has 0 spiro atoms. The maximum absolute atomic E-state index is 12.6. The number of nitrogen functional groups attached to an aromatic ring is 1. The lowest BCUT2D eigenvalue weighted by Gasteiger charge is -2.07. The smallest absolute Gasteiger partial charge is 0.383 e. The van der Waals surface area contributed by atoms with Gasteiger partial charge in [-0.2, -0.15) is 18.4 Å². The van der Waals surface area contributed by atoms with E-state index < -0.39 is 11.7 Å². The molecule has 3 aromatic rings. The number of nitrogens with two attached hydrogens (primary N) is 1. The van der Waals surface area contributed by atoms with Crippen LogP contribution in [0.15, 0.2) is 48.5 Å². The van der Waals surface area contributed by atoms with Crippen LogP contribution in [0, 0.1) is 11.3 Å². The predicted octanol–water partition coefficient (Wildman–Crippen LogP) is 4.29. The van der Waals surface area contributed by atoms with Crippen LogP contribution >= 0.6 is 0 Å². The number of benzene rings is 2. The maximum atomic E-state index is 12.6. The van der Waals surface area contributed by atoms with Crippen LogP contribution in [-0.4, -0.2) is 9.97 Å². The Morgan fingerprint density at radius 1 is 1.04 bits per heavy atom. The molecule has 0 unspecified atom stereocenters. The number of nitriles is 1. The minimum atomic E-state index is -4.41. The second kappa shape index (κ2) is 6.24. The van der Waals surface area contributed by atoms with E-state index in [1.54, 1.807) is 24.3 Å². The summed E-state index contributed by atoms with van der Waals surface area (Å²) in [5.74, 6) is 0.354. The van der Waals surface area contributed by atoms with Gasteiger partial charge in [0, 0.05) is 5.39 Å². The highest BCUT2D eigenvalue weighted by atomic mass is 19.4. The highest BCUT2D eigenvalue weighted by Gasteiger charge is 2.29. The maximum Gasteiger partial charge on any atom is 0.416 e. The molecule has 3 rings (SSSR count). The number of alkyl halides is 3. The first-order chi connectivity index (χ1) is 11.9. The van der Waals surface area contributed by atoms with Crippen LogP contribution in [0.4, 0.5) is 19.0 Å². The van der Waals surface area contributed by atoms with Gasteiger partial charge in [-0.25, -0.2) is 9.97 Å². The van der Waals surface area contributed by atoms with Crippen molar-refractivity contribution in [2.75, 3.05) is 5.73 Å². The zero-order valence-corrected chi connectivity index (χ0v) is 12.7. The third-order valence-corrected chi connectivity index (χ3v) is 3.54. The van der Waals surface area contributed by atoms with Crippen LogP contribution in [-0.2, 0) is 6.18 Å². The Morgan fingerprint density at radius 2 is 1.72 bits per heavy atom. The molecular formula is C18H11F3N4. The monoisotopic (exact) mass is 340 g/mol. The summed E-state index contributed by atoms with van der Waals surface area (Å²) in [6.07, 6.45) is -2.99. The van der Waals surface area contributed by atoms with Gasteiger partial charge >= 0.3 is 6.18 Å². The molecule has 0 aliphatic rings. The Bertz CT molecular complexity index is 999. The van der Waals surface area contributed by atoms with Crippen molar-refractivity contribution < 1.29 is 13.2 Å². The molecule has 1 aromatic heterocycles. The van der Waals surface area contributed by atoms with Crippen LogP contribution in [0.25, 0.3) is 22.6 Å². The lowest BCUT2D eigenvalue weighted by Crippen LogP contribution is -2.04. The number of nitrogens with zero attached hydrogens (tertiary/aromatic N) is 3. The van der Waals surface area contributed by atoms with Gasteiger partial charge in [-0.3, -0.25) is 0 Å². The number of anilines is 1. The summed E-state index contributed by atoms with van der Waals surface area (Å²) in [4.78, 5) is 8.42. The van der Waals surface area contributed by atoms with Crippen molar-refractivity contribution in [3.8, 4) is 6.07 Å². The molecule has 1 heterocycles. The Morgan fingerprint density at radius 3 is 2.36 bits per heavy atom. The van der Waals surface area contributed by atoms with E-state index in [2.05, 4.69) is 9.97 Å². The van der Waals surface area contributed by atoms with Crippen molar-refractivity contribution in [1.29, 1.82) is 5.26 Å². The molecule has 0 atom stereocenters. The van der Waals surface area contributed by atoms with Gasteiger partial charge in [-0.05, 0) is 35.9 Å². The van der Waals surface area contributed by atoms with Crippen LogP contribution in [0.5, 0.6) is 0 Å². The zero-order chi connectivity index (χ0) is 18.0. The molecule has 0 aliphatic heterocycles. The molecule has 0 aliphatic carbocycles. The lowest BCUT2D eigenvalue weighted by molar-refractivity contribution is -0.137. The van der Waals surface area contributed by atoms with Gasteiger partial charge in [-0.1, -0.05) is 24.3 Å². The van der Waals surface area contributed by atoms with E-state index >= 15 is 0 Å². The Kier molecular flexibility index (Phi) is 4.11. The molecule has 0 bridgehead atoms. The number of allylic oxidation sites excluding steroid dienone is 1. The van der Waals surface area contributed by atoms with Crippen LogP contribution in [0.1, 0.15) is 17.0 Å². The Hall–Kier alpha value is -3.40. The number of hydrogen-bond donors (Lipinski definition) is 1. The standard InChI is InChI=1S/C18H11F3N4/c19-18(20,21)13-7-5-11(6-8-13)9-12(10-22)17-24-15-4-2-1-3-14(15)16(23)25-17/h1-9H,(H2,23,24,25)/b12-9-. The van der Waals surface area contributed by atoms with Crippen LogP contribution < -0.4 is 5.73 Å². The number of para-hydroxylation sites is 1. The molecule has 0 saturated carbocycles. The van der Waals surface area contributed by atoms with Crippen molar-refractivity contribution in [3.05, 3.63) is 65.5 Å². The van der Waals surface area contributed by atoms with Gasteiger partial charge in [0.1, 0.15) is 11.9 Å². The number of fused-ring (bicyclic) bond motifs is 1. The van der Waals surface area contributed by atoms with E-state index in [-0.39, 0.29) is 17.2 Å². The predicted molar refractivity (Wildman–Crippen MR) is 88.9 cm³/mol. The summed E-state index contributed by atoms with van der Waals surface area (Å²) in [5, 5.41) is 10.0. The molecule has 124 valence electrons. The fourth-order valence-electron chi connectivity index (χ4n) is 2.30. The second-order valence-electron chi connectivity index (χ2n) is 5.24. The van der Waals surface area contributed by atoms with E-state index in [1.807, 2.05) is 6.07 Å². The highest BCUT2D eigenvalue weighted by Crippen LogP contribution is 2.29. The number of hydrogen-bond acceptors (Lipinski definition) is 4. The van der Waals surface area contributed by atoms with Gasteiger partial charge < -0.3 is 5.73 Å². The third kappa shape index (κ3) is 3.43. The quantitative estimate of drug-likeness (QED) is 0.706. The normalized spacial score (nSPS) is 12.2. The third-order valence-electron chi connectivity index (χ3n) is 3.54. The molecule has 4 nitrogen and oxygen atoms in total. The average molecular weight is 340 g/mol. The van der Waals surface area contributed by atoms with Crippen molar-refractivity contribution in [2.45, 2.75) is 6.18 Å². The van der Waals surface area contributed by atoms with E-state index in [4.69, 9.17) is 5.73 Å². The molecule has 0 amide bonds. The van der Waals surface area contributed by atoms with Crippen molar-refractivity contribution in [3.63, 3.8) is 0 Å². The molecule has 0 saturated heterocycles. The Labute approximate surface area is 141 Å². The van der Waals surface area contributed by atoms with Gasteiger partial charge in [0.2, 0.25) is 0 Å². The van der Waals surface area contributed by atoms with Gasteiger partial charge in [-0.15, -0.1) is 0 Å². The number of rotatable bonds is 2. The van der Waals surface area contributed by atoms with Crippen molar-refractivity contribution >= 4 is 28.4 Å². The zero-order valence-electron chi connectivity index (χ0n) is 12.7. The first-order valence-electron chi connectivity index (χ1n) is 7.20. The van der Waals surface area contributed by atoms with E-state index in [9.17, 15) is 18.4 Å².